The number of carbonyl (C=O) groups excluding carboxylic acids is 2. The van der Waals surface area contributed by atoms with Crippen LogP contribution in [-0.4, -0.2) is 21.7 Å². The molecule has 2 fully saturated rings. The topological polar surface area (TPSA) is 69.2 Å². The molecule has 3 rings (SSSR count). The Hall–Kier alpha value is -1.78. The van der Waals surface area contributed by atoms with Crippen LogP contribution in [-0.2, 0) is 14.3 Å². The van der Waals surface area contributed by atoms with E-state index >= 15 is 0 Å². The second-order valence-electron chi connectivity index (χ2n) is 7.78. The first-order chi connectivity index (χ1) is 11.4. The molecule has 0 radical (unpaired) electrons. The number of hydrogen-bond acceptors (Lipinski definition) is 5. The lowest BCUT2D eigenvalue weighted by molar-refractivity contribution is -0.176. The number of hydrogen-bond donors (Lipinski definition) is 0. The molecule has 3 atom stereocenters. The van der Waals surface area contributed by atoms with E-state index in [1.54, 1.807) is 25.4 Å². The summed E-state index contributed by atoms with van der Waals surface area (Å²) < 4.78 is 5.91. The molecule has 2 aliphatic rings. The third-order valence-electron chi connectivity index (χ3n) is 5.95. The van der Waals surface area contributed by atoms with Crippen molar-refractivity contribution in [2.45, 2.75) is 59.0 Å². The van der Waals surface area contributed by atoms with E-state index < -0.39 is 0 Å². The van der Waals surface area contributed by atoms with Gasteiger partial charge in [-0.05, 0) is 37.7 Å². The zero-order valence-corrected chi connectivity index (χ0v) is 14.7. The molecule has 5 heteroatoms. The summed E-state index contributed by atoms with van der Waals surface area (Å²) in [7, 11) is 0. The Kier molecular flexibility index (Phi) is 4.70. The molecule has 1 aromatic heterocycles. The van der Waals surface area contributed by atoms with Crippen LogP contribution < -0.4 is 0 Å². The summed E-state index contributed by atoms with van der Waals surface area (Å²) in [5, 5.41) is 0. The number of Topliss-reactive ketones (excluding diaryl/α,β-unsaturated/α-hetero) is 1. The lowest BCUT2D eigenvalue weighted by atomic mass is 9.53. The molecule has 1 aromatic rings. The van der Waals surface area contributed by atoms with Gasteiger partial charge in [0.1, 0.15) is 5.78 Å². The van der Waals surface area contributed by atoms with Crippen molar-refractivity contribution in [2.24, 2.45) is 23.2 Å². The van der Waals surface area contributed by atoms with Crippen LogP contribution in [0.2, 0.25) is 0 Å². The Morgan fingerprint density at radius 1 is 1.17 bits per heavy atom. The van der Waals surface area contributed by atoms with Crippen LogP contribution >= 0.6 is 0 Å². The predicted octanol–water partition coefficient (Wildman–Crippen LogP) is 3.50. The number of nitrogens with zero attached hydrogens (tertiary/aromatic N) is 2. The summed E-state index contributed by atoms with van der Waals surface area (Å²) in [5.74, 6) is 0.567. The Morgan fingerprint density at radius 2 is 1.79 bits per heavy atom. The van der Waals surface area contributed by atoms with Gasteiger partial charge in [0.05, 0.1) is 5.92 Å². The van der Waals surface area contributed by atoms with Gasteiger partial charge in [0.25, 0.3) is 0 Å². The molecule has 2 saturated carbocycles. The van der Waals surface area contributed by atoms with Crippen molar-refractivity contribution in [1.29, 1.82) is 0 Å². The molecular formula is C19H26N2O3. The molecular weight excluding hydrogens is 304 g/mol. The van der Waals surface area contributed by atoms with Crippen molar-refractivity contribution in [3.8, 4) is 0 Å². The van der Waals surface area contributed by atoms with Crippen LogP contribution in [0.3, 0.4) is 0 Å². The van der Waals surface area contributed by atoms with Gasteiger partial charge in [-0.3, -0.25) is 9.59 Å². The molecule has 0 unspecified atom stereocenters. The molecule has 0 aliphatic heterocycles. The van der Waals surface area contributed by atoms with Crippen molar-refractivity contribution in [2.75, 3.05) is 0 Å². The van der Waals surface area contributed by atoms with Crippen molar-refractivity contribution in [3.63, 3.8) is 0 Å². The highest BCUT2D eigenvalue weighted by Crippen LogP contribution is 2.53. The summed E-state index contributed by atoms with van der Waals surface area (Å²) in [5.41, 5.74) is -0.333. The Morgan fingerprint density at radius 3 is 2.33 bits per heavy atom. The first kappa shape index (κ1) is 17.1. The van der Waals surface area contributed by atoms with E-state index in [1.807, 2.05) is 13.8 Å². The zero-order valence-electron chi connectivity index (χ0n) is 14.7. The number of carbonyl (C=O) groups is 2. The van der Waals surface area contributed by atoms with E-state index in [2.05, 4.69) is 9.97 Å². The number of ketones is 1. The van der Waals surface area contributed by atoms with Crippen LogP contribution in [0.4, 0.5) is 0 Å². The molecule has 0 bridgehead atoms. The van der Waals surface area contributed by atoms with Crippen molar-refractivity contribution >= 4 is 11.8 Å². The van der Waals surface area contributed by atoms with Crippen LogP contribution in [0.15, 0.2) is 18.5 Å². The third kappa shape index (κ3) is 3.08. The standard InChI is InChI=1S/C19H26N2O3/c1-12(22)14-11-15(19(14,2)3)18(23)24-16(13-7-4-5-8-13)17-20-9-6-10-21-17/h6,9-10,13-16H,4-5,7-8,11H2,1-3H3/t14-,15+,16+/m0/s1. The maximum atomic E-state index is 12.8. The maximum absolute atomic E-state index is 12.8. The van der Waals surface area contributed by atoms with E-state index in [4.69, 9.17) is 4.74 Å². The van der Waals surface area contributed by atoms with Crippen LogP contribution in [0.1, 0.15) is 64.8 Å². The Bertz CT molecular complexity index is 608. The Labute approximate surface area is 143 Å². The van der Waals surface area contributed by atoms with Crippen molar-refractivity contribution < 1.29 is 14.3 Å². The van der Waals surface area contributed by atoms with Crippen LogP contribution in [0, 0.1) is 23.2 Å². The highest BCUT2D eigenvalue weighted by molar-refractivity contribution is 5.85. The largest absolute Gasteiger partial charge is 0.454 e. The minimum Gasteiger partial charge on any atom is -0.454 e. The number of aromatic nitrogens is 2. The third-order valence-corrected chi connectivity index (χ3v) is 5.95. The summed E-state index contributed by atoms with van der Waals surface area (Å²) in [6.07, 6.45) is 8.01. The Balaban J connectivity index is 1.74. The fourth-order valence-electron chi connectivity index (χ4n) is 4.30. The first-order valence-corrected chi connectivity index (χ1v) is 8.89. The molecule has 0 saturated heterocycles. The average Bonchev–Trinajstić information content (AvgIpc) is 3.06. The van der Waals surface area contributed by atoms with E-state index in [0.717, 1.165) is 25.7 Å². The van der Waals surface area contributed by atoms with Gasteiger partial charge >= 0.3 is 5.97 Å². The lowest BCUT2D eigenvalue weighted by Crippen LogP contribution is -2.52. The van der Waals surface area contributed by atoms with Gasteiger partial charge in [0, 0.05) is 24.2 Å². The average molecular weight is 330 g/mol. The monoisotopic (exact) mass is 330 g/mol. The van der Waals surface area contributed by atoms with Gasteiger partial charge in [-0.2, -0.15) is 0 Å². The van der Waals surface area contributed by atoms with Crippen molar-refractivity contribution in [3.05, 3.63) is 24.3 Å². The van der Waals surface area contributed by atoms with Crippen LogP contribution in [0.25, 0.3) is 0 Å². The SMILES string of the molecule is CC(=O)[C@@H]1C[C@H](C(=O)O[C@@H](c2ncccn2)C2CCCC2)C1(C)C. The van der Waals surface area contributed by atoms with Gasteiger partial charge in [0.2, 0.25) is 0 Å². The second kappa shape index (κ2) is 6.61. The first-order valence-electron chi connectivity index (χ1n) is 8.89. The van der Waals surface area contributed by atoms with Gasteiger partial charge in [-0.1, -0.05) is 26.7 Å². The molecule has 2 aliphatic carbocycles. The van der Waals surface area contributed by atoms with E-state index in [-0.39, 0.29) is 35.1 Å². The molecule has 24 heavy (non-hydrogen) atoms. The molecule has 0 aromatic carbocycles. The summed E-state index contributed by atoms with van der Waals surface area (Å²) in [6, 6.07) is 1.77. The highest BCUT2D eigenvalue weighted by atomic mass is 16.5. The van der Waals surface area contributed by atoms with Gasteiger partial charge in [-0.25, -0.2) is 9.97 Å². The summed E-state index contributed by atoms with van der Waals surface area (Å²) >= 11 is 0. The molecule has 0 N–H and O–H groups in total. The maximum Gasteiger partial charge on any atom is 0.310 e. The van der Waals surface area contributed by atoms with Gasteiger partial charge in [-0.15, -0.1) is 0 Å². The number of rotatable bonds is 5. The molecule has 1 heterocycles. The second-order valence-corrected chi connectivity index (χ2v) is 7.78. The van der Waals surface area contributed by atoms with E-state index in [1.165, 1.54) is 0 Å². The molecule has 0 spiro atoms. The van der Waals surface area contributed by atoms with Crippen molar-refractivity contribution in [1.82, 2.24) is 9.97 Å². The van der Waals surface area contributed by atoms with Crippen LogP contribution in [0.5, 0.6) is 0 Å². The number of ether oxygens (including phenoxy) is 1. The minimum atomic E-state index is -0.367. The quantitative estimate of drug-likeness (QED) is 0.773. The summed E-state index contributed by atoms with van der Waals surface area (Å²) in [4.78, 5) is 33.1. The normalized spacial score (nSPS) is 27.3. The highest BCUT2D eigenvalue weighted by Gasteiger charge is 2.55. The van der Waals surface area contributed by atoms with E-state index in [9.17, 15) is 9.59 Å². The molecule has 0 amide bonds. The minimum absolute atomic E-state index is 0.0482. The fourth-order valence-corrected chi connectivity index (χ4v) is 4.30. The zero-order chi connectivity index (χ0) is 17.3. The number of esters is 1. The fraction of sp³-hybridized carbons (Fsp3) is 0.684. The smallest absolute Gasteiger partial charge is 0.310 e. The van der Waals surface area contributed by atoms with E-state index in [0.29, 0.717) is 18.2 Å². The predicted molar refractivity (Wildman–Crippen MR) is 88.9 cm³/mol. The summed E-state index contributed by atoms with van der Waals surface area (Å²) in [6.45, 7) is 5.57. The van der Waals surface area contributed by atoms with Gasteiger partial charge < -0.3 is 4.74 Å². The molecule has 5 nitrogen and oxygen atoms in total. The molecule has 130 valence electrons. The van der Waals surface area contributed by atoms with Gasteiger partial charge in [0.15, 0.2) is 11.9 Å². The lowest BCUT2D eigenvalue weighted by Gasteiger charge is -2.49.